The number of furan rings is 1. The Kier molecular flexibility index (Phi) is 2.15. The van der Waals surface area contributed by atoms with Crippen LogP contribution in [0.15, 0.2) is 65.2 Å². The molecule has 19 heavy (non-hydrogen) atoms. The Bertz CT molecular complexity index is 862. The number of pyridine rings is 1. The summed E-state index contributed by atoms with van der Waals surface area (Å²) in [7, 11) is 0. The summed E-state index contributed by atoms with van der Waals surface area (Å²) in [6, 6.07) is 20.9. The lowest BCUT2D eigenvalue weighted by Gasteiger charge is -1.99. The van der Waals surface area contributed by atoms with Crippen LogP contribution in [0.25, 0.3) is 33.2 Å². The van der Waals surface area contributed by atoms with Crippen LogP contribution in [-0.2, 0) is 0 Å². The second-order valence-corrected chi connectivity index (χ2v) is 4.45. The van der Waals surface area contributed by atoms with E-state index < -0.39 is 0 Å². The van der Waals surface area contributed by atoms with E-state index in [4.69, 9.17) is 4.42 Å². The Hall–Kier alpha value is -2.61. The molecule has 0 bridgehead atoms. The molecule has 0 spiro atoms. The Balaban J connectivity index is 2.03. The zero-order valence-corrected chi connectivity index (χ0v) is 10.1. The lowest BCUT2D eigenvalue weighted by atomic mass is 10.1. The minimum Gasteiger partial charge on any atom is -0.456 e. The lowest BCUT2D eigenvalue weighted by Crippen LogP contribution is -1.80. The first kappa shape index (κ1) is 10.3. The van der Waals surface area contributed by atoms with Gasteiger partial charge in [-0.2, -0.15) is 0 Å². The minimum absolute atomic E-state index is 0.895. The number of rotatable bonds is 1. The molecule has 2 aromatic heterocycles. The Morgan fingerprint density at radius 1 is 0.947 bits per heavy atom. The van der Waals surface area contributed by atoms with Gasteiger partial charge in [-0.3, -0.25) is 4.98 Å². The van der Waals surface area contributed by atoms with E-state index in [-0.39, 0.29) is 0 Å². The van der Waals surface area contributed by atoms with Crippen LogP contribution >= 0.6 is 0 Å². The van der Waals surface area contributed by atoms with Gasteiger partial charge in [-0.1, -0.05) is 12.1 Å². The van der Waals surface area contributed by atoms with Gasteiger partial charge in [-0.05, 0) is 48.5 Å². The van der Waals surface area contributed by atoms with Crippen molar-refractivity contribution < 1.29 is 4.42 Å². The Morgan fingerprint density at radius 2 is 1.89 bits per heavy atom. The highest BCUT2D eigenvalue weighted by molar-refractivity contribution is 6.06. The Morgan fingerprint density at radius 3 is 2.79 bits per heavy atom. The topological polar surface area (TPSA) is 26.0 Å². The van der Waals surface area contributed by atoms with Crippen LogP contribution in [0.3, 0.4) is 0 Å². The van der Waals surface area contributed by atoms with E-state index in [1.165, 1.54) is 0 Å². The summed E-state index contributed by atoms with van der Waals surface area (Å²) in [5, 5.41) is 2.20. The third kappa shape index (κ3) is 1.61. The zero-order chi connectivity index (χ0) is 12.7. The first-order valence-electron chi connectivity index (χ1n) is 6.15. The first-order valence-corrected chi connectivity index (χ1v) is 6.15. The largest absolute Gasteiger partial charge is 0.456 e. The van der Waals surface area contributed by atoms with Crippen molar-refractivity contribution in [1.82, 2.24) is 4.98 Å². The molecule has 2 heteroatoms. The number of hydrogen-bond donors (Lipinski definition) is 0. The molecule has 89 valence electrons. The van der Waals surface area contributed by atoms with Crippen LogP contribution in [0.5, 0.6) is 0 Å². The molecule has 2 heterocycles. The van der Waals surface area contributed by atoms with Crippen molar-refractivity contribution in [3.63, 3.8) is 0 Å². The van der Waals surface area contributed by atoms with E-state index in [0.717, 1.165) is 33.2 Å². The maximum Gasteiger partial charge on any atom is 0.135 e. The summed E-state index contributed by atoms with van der Waals surface area (Å²) in [6.07, 6.45) is 1.81. The zero-order valence-electron chi connectivity index (χ0n) is 10.1. The molecule has 0 unspecified atom stereocenters. The van der Waals surface area contributed by atoms with Crippen LogP contribution in [0.4, 0.5) is 0 Å². The van der Waals surface area contributed by atoms with Crippen molar-refractivity contribution in [2.45, 2.75) is 0 Å². The first-order chi connectivity index (χ1) is 9.42. The molecule has 0 fully saturated rings. The van der Waals surface area contributed by atoms with Gasteiger partial charge in [0.15, 0.2) is 0 Å². The highest BCUT2D eigenvalue weighted by atomic mass is 16.3. The van der Waals surface area contributed by atoms with E-state index in [0.29, 0.717) is 0 Å². The van der Waals surface area contributed by atoms with E-state index in [1.807, 2.05) is 48.5 Å². The smallest absolute Gasteiger partial charge is 0.135 e. The summed E-state index contributed by atoms with van der Waals surface area (Å²) in [4.78, 5) is 4.38. The third-order valence-corrected chi connectivity index (χ3v) is 3.27. The molecule has 0 aliphatic heterocycles. The normalized spacial score (nSPS) is 11.2. The van der Waals surface area contributed by atoms with E-state index in [9.17, 15) is 0 Å². The molecule has 2 aromatic carbocycles. The molecule has 0 saturated carbocycles. The van der Waals surface area contributed by atoms with Crippen LogP contribution in [0, 0.1) is 6.07 Å². The number of nitrogens with zero attached hydrogens (tertiary/aromatic N) is 1. The molecule has 0 aliphatic rings. The highest BCUT2D eigenvalue weighted by Gasteiger charge is 2.07. The van der Waals surface area contributed by atoms with Gasteiger partial charge in [0, 0.05) is 22.5 Å². The van der Waals surface area contributed by atoms with Crippen molar-refractivity contribution in [1.29, 1.82) is 0 Å². The van der Waals surface area contributed by atoms with Crippen molar-refractivity contribution in [2.75, 3.05) is 0 Å². The number of hydrogen-bond acceptors (Lipinski definition) is 2. The lowest BCUT2D eigenvalue weighted by molar-refractivity contribution is 0.669. The molecule has 2 nitrogen and oxygen atoms in total. The van der Waals surface area contributed by atoms with Gasteiger partial charge in [0.2, 0.25) is 0 Å². The van der Waals surface area contributed by atoms with Gasteiger partial charge in [0.05, 0.1) is 5.69 Å². The predicted octanol–water partition coefficient (Wildman–Crippen LogP) is 4.45. The molecule has 0 N–H and O–H groups in total. The summed E-state index contributed by atoms with van der Waals surface area (Å²) in [6.45, 7) is 0. The van der Waals surface area contributed by atoms with Crippen molar-refractivity contribution in [2.24, 2.45) is 0 Å². The van der Waals surface area contributed by atoms with Gasteiger partial charge >= 0.3 is 0 Å². The second kappa shape index (κ2) is 3.95. The van der Waals surface area contributed by atoms with Crippen LogP contribution in [0.2, 0.25) is 0 Å². The van der Waals surface area contributed by atoms with Gasteiger partial charge in [0.1, 0.15) is 11.2 Å². The molecular weight excluding hydrogens is 234 g/mol. The molecule has 0 saturated heterocycles. The molecule has 1 radical (unpaired) electrons. The molecule has 0 amide bonds. The third-order valence-electron chi connectivity index (χ3n) is 3.27. The van der Waals surface area contributed by atoms with Crippen LogP contribution < -0.4 is 0 Å². The summed E-state index contributed by atoms with van der Waals surface area (Å²) in [5.74, 6) is 0. The maximum absolute atomic E-state index is 5.80. The maximum atomic E-state index is 5.80. The molecule has 0 aliphatic carbocycles. The highest BCUT2D eigenvalue weighted by Crippen LogP contribution is 2.31. The van der Waals surface area contributed by atoms with Crippen molar-refractivity contribution >= 4 is 21.9 Å². The average molecular weight is 244 g/mol. The van der Waals surface area contributed by atoms with Crippen molar-refractivity contribution in [3.05, 3.63) is 66.9 Å². The standard InChI is InChI=1S/C17H10NO/c1-2-7-16-13(5-1)14-11-12(8-9-17(14)19-16)15-6-3-4-10-18-15/h2-11H. The average Bonchev–Trinajstić information content (AvgIpc) is 2.86. The van der Waals surface area contributed by atoms with Gasteiger partial charge in [-0.15, -0.1) is 0 Å². The van der Waals surface area contributed by atoms with E-state index >= 15 is 0 Å². The van der Waals surface area contributed by atoms with E-state index in [2.05, 4.69) is 17.1 Å². The number of aromatic nitrogens is 1. The fourth-order valence-corrected chi connectivity index (χ4v) is 2.36. The van der Waals surface area contributed by atoms with E-state index in [1.54, 1.807) is 6.20 Å². The molecular formula is C17H10NO. The monoisotopic (exact) mass is 244 g/mol. The summed E-state index contributed by atoms with van der Waals surface area (Å²) >= 11 is 0. The summed E-state index contributed by atoms with van der Waals surface area (Å²) < 4.78 is 5.80. The minimum atomic E-state index is 0.895. The molecule has 0 atom stereocenters. The summed E-state index contributed by atoms with van der Waals surface area (Å²) in [5.41, 5.74) is 3.86. The van der Waals surface area contributed by atoms with Gasteiger partial charge in [-0.25, -0.2) is 0 Å². The number of benzene rings is 2. The van der Waals surface area contributed by atoms with Gasteiger partial charge < -0.3 is 4.42 Å². The fourth-order valence-electron chi connectivity index (χ4n) is 2.36. The van der Waals surface area contributed by atoms with Crippen LogP contribution in [0.1, 0.15) is 0 Å². The SMILES string of the molecule is [c]1ccc2oc3ccc(-c4ccccn4)cc3c2c1. The fraction of sp³-hybridized carbons (Fsp3) is 0. The molecule has 4 rings (SSSR count). The predicted molar refractivity (Wildman–Crippen MR) is 75.8 cm³/mol. The second-order valence-electron chi connectivity index (χ2n) is 4.45. The van der Waals surface area contributed by atoms with Crippen molar-refractivity contribution in [3.8, 4) is 11.3 Å². The van der Waals surface area contributed by atoms with Crippen LogP contribution in [-0.4, -0.2) is 4.98 Å². The number of fused-ring (bicyclic) bond motifs is 3. The van der Waals surface area contributed by atoms with Gasteiger partial charge in [0.25, 0.3) is 0 Å². The quantitative estimate of drug-likeness (QED) is 0.494. The Labute approximate surface area is 110 Å². The molecule has 4 aromatic rings.